The van der Waals surface area contributed by atoms with Crippen LogP contribution in [0.4, 0.5) is 10.6 Å². The summed E-state index contributed by atoms with van der Waals surface area (Å²) in [5.41, 5.74) is 0. The van der Waals surface area contributed by atoms with E-state index in [0.717, 1.165) is 9.75 Å². The van der Waals surface area contributed by atoms with Crippen LogP contribution in [0.1, 0.15) is 15.4 Å². The molecule has 6 nitrogen and oxygen atoms in total. The summed E-state index contributed by atoms with van der Waals surface area (Å²) in [7, 11) is 0. The molecule has 0 saturated heterocycles. The number of nitrogens with one attached hydrogen (secondary N) is 2. The summed E-state index contributed by atoms with van der Waals surface area (Å²) >= 11 is 2.94. The van der Waals surface area contributed by atoms with Gasteiger partial charge in [0.05, 0.1) is 4.88 Å². The predicted octanol–water partition coefficient (Wildman–Crippen LogP) is 3.73. The van der Waals surface area contributed by atoms with Crippen molar-refractivity contribution in [3.63, 3.8) is 0 Å². The molecule has 112 valence electrons. The summed E-state index contributed by atoms with van der Waals surface area (Å²) < 4.78 is 4.83. The monoisotopic (exact) mass is 333 g/mol. The number of hydrogen-bond acceptors (Lipinski definition) is 6. The SMILES string of the molecule is Cc1cc(NC(=O)NC(=O)c2ccc(-c3cccs3)s2)no1. The second-order valence-electron chi connectivity index (χ2n) is 4.37. The van der Waals surface area contributed by atoms with E-state index in [1.165, 1.54) is 11.3 Å². The summed E-state index contributed by atoms with van der Waals surface area (Å²) in [5.74, 6) is 0.374. The Balaban J connectivity index is 1.63. The molecule has 0 bridgehead atoms. The zero-order chi connectivity index (χ0) is 15.5. The Morgan fingerprint density at radius 3 is 2.77 bits per heavy atom. The first-order valence-corrected chi connectivity index (χ1v) is 8.01. The molecule has 2 N–H and O–H groups in total. The maximum absolute atomic E-state index is 12.0. The van der Waals surface area contributed by atoms with Crippen LogP contribution in [0.25, 0.3) is 9.75 Å². The Labute approximate surface area is 133 Å². The molecule has 0 aliphatic heterocycles. The number of carbonyl (C=O) groups excluding carboxylic acids is 2. The van der Waals surface area contributed by atoms with E-state index in [2.05, 4.69) is 15.8 Å². The first-order chi connectivity index (χ1) is 10.6. The molecule has 3 rings (SSSR count). The summed E-state index contributed by atoms with van der Waals surface area (Å²) in [4.78, 5) is 26.3. The van der Waals surface area contributed by atoms with Gasteiger partial charge in [-0.3, -0.25) is 15.4 Å². The number of aromatic nitrogens is 1. The number of hydrogen-bond donors (Lipinski definition) is 2. The van der Waals surface area contributed by atoms with Gasteiger partial charge >= 0.3 is 6.03 Å². The standard InChI is InChI=1S/C14H11N3O3S2/c1-8-7-12(17-20-8)15-14(19)16-13(18)11-5-4-10(22-11)9-3-2-6-21-9/h2-7H,1H3,(H2,15,16,17,18,19). The lowest BCUT2D eigenvalue weighted by atomic mass is 10.3. The van der Waals surface area contributed by atoms with Crippen molar-refractivity contribution in [1.29, 1.82) is 0 Å². The minimum atomic E-state index is -0.649. The van der Waals surface area contributed by atoms with Gasteiger partial charge in [0.15, 0.2) is 5.82 Å². The minimum absolute atomic E-state index is 0.258. The fourth-order valence-corrected chi connectivity index (χ4v) is 3.48. The van der Waals surface area contributed by atoms with Crippen molar-refractivity contribution < 1.29 is 14.1 Å². The minimum Gasteiger partial charge on any atom is -0.360 e. The molecule has 0 aliphatic rings. The van der Waals surface area contributed by atoms with Gasteiger partial charge in [-0.25, -0.2) is 4.79 Å². The van der Waals surface area contributed by atoms with Crippen LogP contribution in [0.5, 0.6) is 0 Å². The van der Waals surface area contributed by atoms with Crippen molar-refractivity contribution in [2.45, 2.75) is 6.92 Å². The Morgan fingerprint density at radius 1 is 1.23 bits per heavy atom. The second kappa shape index (κ2) is 6.12. The molecule has 0 aromatic carbocycles. The van der Waals surface area contributed by atoms with Crippen molar-refractivity contribution >= 4 is 40.4 Å². The van der Waals surface area contributed by atoms with Crippen molar-refractivity contribution in [2.24, 2.45) is 0 Å². The molecule has 3 aromatic heterocycles. The lowest BCUT2D eigenvalue weighted by Crippen LogP contribution is -2.33. The van der Waals surface area contributed by atoms with Gasteiger partial charge in [-0.05, 0) is 30.5 Å². The van der Waals surface area contributed by atoms with Crippen LogP contribution < -0.4 is 10.6 Å². The zero-order valence-corrected chi connectivity index (χ0v) is 13.1. The smallest absolute Gasteiger partial charge is 0.327 e. The largest absolute Gasteiger partial charge is 0.360 e. The van der Waals surface area contributed by atoms with Gasteiger partial charge in [0.25, 0.3) is 5.91 Å². The van der Waals surface area contributed by atoms with Crippen molar-refractivity contribution in [1.82, 2.24) is 10.5 Å². The van der Waals surface area contributed by atoms with Crippen LogP contribution in [0.15, 0.2) is 40.2 Å². The Morgan fingerprint density at radius 2 is 2.09 bits per heavy atom. The fraction of sp³-hybridized carbons (Fsp3) is 0.0714. The third kappa shape index (κ3) is 3.23. The zero-order valence-electron chi connectivity index (χ0n) is 11.5. The molecule has 0 saturated carbocycles. The summed E-state index contributed by atoms with van der Waals surface area (Å²) in [6, 6.07) is 8.41. The highest BCUT2D eigenvalue weighted by atomic mass is 32.1. The topological polar surface area (TPSA) is 84.2 Å². The van der Waals surface area contributed by atoms with Crippen molar-refractivity contribution in [3.8, 4) is 9.75 Å². The molecule has 22 heavy (non-hydrogen) atoms. The Kier molecular flexibility index (Phi) is 4.03. The number of anilines is 1. The van der Waals surface area contributed by atoms with E-state index in [-0.39, 0.29) is 5.82 Å². The van der Waals surface area contributed by atoms with E-state index >= 15 is 0 Å². The Bertz CT molecular complexity index is 805. The normalized spacial score (nSPS) is 10.4. The number of thiophene rings is 2. The molecule has 8 heteroatoms. The number of imide groups is 1. The van der Waals surface area contributed by atoms with Gasteiger partial charge < -0.3 is 4.52 Å². The van der Waals surface area contributed by atoms with Crippen LogP contribution in [0.2, 0.25) is 0 Å². The molecular formula is C14H11N3O3S2. The molecule has 3 aromatic rings. The van der Waals surface area contributed by atoms with Crippen LogP contribution in [-0.2, 0) is 0 Å². The van der Waals surface area contributed by atoms with E-state index in [1.807, 2.05) is 23.6 Å². The third-order valence-electron chi connectivity index (χ3n) is 2.69. The van der Waals surface area contributed by atoms with E-state index < -0.39 is 11.9 Å². The van der Waals surface area contributed by atoms with Crippen LogP contribution in [0, 0.1) is 6.92 Å². The quantitative estimate of drug-likeness (QED) is 0.765. The van der Waals surface area contributed by atoms with Gasteiger partial charge in [-0.2, -0.15) is 0 Å². The third-order valence-corrected chi connectivity index (χ3v) is 4.84. The van der Waals surface area contributed by atoms with Crippen molar-refractivity contribution in [2.75, 3.05) is 5.32 Å². The van der Waals surface area contributed by atoms with Gasteiger partial charge in [0, 0.05) is 15.8 Å². The molecular weight excluding hydrogens is 322 g/mol. The predicted molar refractivity (Wildman–Crippen MR) is 85.4 cm³/mol. The molecule has 0 spiro atoms. The highest BCUT2D eigenvalue weighted by Gasteiger charge is 2.14. The first-order valence-electron chi connectivity index (χ1n) is 6.31. The lowest BCUT2D eigenvalue weighted by Gasteiger charge is -2.01. The molecule has 0 atom stereocenters. The van der Waals surface area contributed by atoms with Crippen LogP contribution in [0.3, 0.4) is 0 Å². The van der Waals surface area contributed by atoms with E-state index in [0.29, 0.717) is 10.6 Å². The maximum Gasteiger partial charge on any atom is 0.327 e. The van der Waals surface area contributed by atoms with Gasteiger partial charge in [-0.1, -0.05) is 11.2 Å². The summed E-state index contributed by atoms with van der Waals surface area (Å²) in [6.45, 7) is 1.71. The number of nitrogens with zero attached hydrogens (tertiary/aromatic N) is 1. The molecule has 0 radical (unpaired) electrons. The lowest BCUT2D eigenvalue weighted by molar-refractivity contribution is 0.0971. The highest BCUT2D eigenvalue weighted by molar-refractivity contribution is 7.22. The molecule has 0 aliphatic carbocycles. The first kappa shape index (κ1) is 14.5. The number of amides is 3. The number of rotatable bonds is 3. The van der Waals surface area contributed by atoms with Crippen LogP contribution in [-0.4, -0.2) is 17.1 Å². The highest BCUT2D eigenvalue weighted by Crippen LogP contribution is 2.31. The summed E-state index contributed by atoms with van der Waals surface area (Å²) in [5, 5.41) is 10.3. The molecule has 0 unspecified atom stereocenters. The van der Waals surface area contributed by atoms with E-state index in [9.17, 15) is 9.59 Å². The number of urea groups is 1. The van der Waals surface area contributed by atoms with Gasteiger partial charge in [0.2, 0.25) is 0 Å². The molecule has 3 heterocycles. The van der Waals surface area contributed by atoms with Crippen LogP contribution >= 0.6 is 22.7 Å². The fourth-order valence-electron chi connectivity index (χ4n) is 1.75. The maximum atomic E-state index is 12.0. The number of carbonyl (C=O) groups is 2. The van der Waals surface area contributed by atoms with Crippen molar-refractivity contribution in [3.05, 3.63) is 46.3 Å². The van der Waals surface area contributed by atoms with Gasteiger partial charge in [-0.15, -0.1) is 22.7 Å². The average Bonchev–Trinajstić information content (AvgIpc) is 3.18. The molecule has 3 amide bonds. The average molecular weight is 333 g/mol. The van der Waals surface area contributed by atoms with E-state index in [1.54, 1.807) is 30.4 Å². The summed E-state index contributed by atoms with van der Waals surface area (Å²) in [6.07, 6.45) is 0. The van der Waals surface area contributed by atoms with Gasteiger partial charge in [0.1, 0.15) is 5.76 Å². The number of aryl methyl sites for hydroxylation is 1. The Hall–Kier alpha value is -2.45. The molecule has 0 fully saturated rings. The second-order valence-corrected chi connectivity index (χ2v) is 6.40. The van der Waals surface area contributed by atoms with E-state index in [4.69, 9.17) is 4.52 Å².